The summed E-state index contributed by atoms with van der Waals surface area (Å²) in [7, 11) is 3.00. The van der Waals surface area contributed by atoms with Crippen LogP contribution in [0.25, 0.3) is 0 Å². The number of benzene rings is 1. The van der Waals surface area contributed by atoms with E-state index in [9.17, 15) is 4.79 Å². The van der Waals surface area contributed by atoms with E-state index in [1.54, 1.807) is 25.2 Å². The Morgan fingerprint density at radius 2 is 2.06 bits per heavy atom. The quantitative estimate of drug-likeness (QED) is 0.803. The molecule has 0 spiro atoms. The number of hydrogen-bond donors (Lipinski definition) is 0. The van der Waals surface area contributed by atoms with Crippen LogP contribution in [0.3, 0.4) is 0 Å². The summed E-state index contributed by atoms with van der Waals surface area (Å²) < 4.78 is 6.47. The van der Waals surface area contributed by atoms with Crippen LogP contribution < -0.4 is 4.74 Å². The average molecular weight is 302 g/mol. The minimum Gasteiger partial charge on any atom is -0.490 e. The Kier molecular flexibility index (Phi) is 4.96. The molecule has 0 radical (unpaired) electrons. The summed E-state index contributed by atoms with van der Waals surface area (Å²) in [5.41, 5.74) is 0.478. The fourth-order valence-corrected chi connectivity index (χ4v) is 1.62. The van der Waals surface area contributed by atoms with Gasteiger partial charge in [0.2, 0.25) is 0 Å². The largest absolute Gasteiger partial charge is 0.490 e. The van der Waals surface area contributed by atoms with Gasteiger partial charge in [0.05, 0.1) is 18.8 Å². The first-order valence-corrected chi connectivity index (χ1v) is 6.03. The van der Waals surface area contributed by atoms with Crippen molar-refractivity contribution >= 4 is 21.8 Å². The number of nitrogens with zero attached hydrogens (tertiary/aromatic N) is 1. The minimum absolute atomic E-state index is 0.00343. The van der Waals surface area contributed by atoms with Crippen molar-refractivity contribution in [3.05, 3.63) is 28.2 Å². The van der Waals surface area contributed by atoms with Crippen LogP contribution in [0.4, 0.5) is 0 Å². The summed E-state index contributed by atoms with van der Waals surface area (Å²) >= 11 is 3.35. The van der Waals surface area contributed by atoms with Crippen LogP contribution in [0, 0.1) is 0 Å². The van der Waals surface area contributed by atoms with Gasteiger partial charge in [-0.2, -0.15) is 0 Å². The Bertz CT molecular complexity index is 407. The maximum absolute atomic E-state index is 12.0. The molecule has 0 saturated carbocycles. The maximum Gasteiger partial charge on any atom is 0.280 e. The highest BCUT2D eigenvalue weighted by molar-refractivity contribution is 9.10. The SMILES string of the molecule is CON(C)C(=O)c1ccc(Br)cc1OC(C)C. The molecule has 1 amide bonds. The first-order valence-electron chi connectivity index (χ1n) is 5.24. The van der Waals surface area contributed by atoms with Crippen LogP contribution in [0.1, 0.15) is 24.2 Å². The third-order valence-corrected chi connectivity index (χ3v) is 2.59. The van der Waals surface area contributed by atoms with Gasteiger partial charge < -0.3 is 4.74 Å². The van der Waals surface area contributed by atoms with Crippen molar-refractivity contribution in [1.82, 2.24) is 5.06 Å². The summed E-state index contributed by atoms with van der Waals surface area (Å²) in [4.78, 5) is 16.9. The van der Waals surface area contributed by atoms with Crippen LogP contribution in [-0.4, -0.2) is 31.2 Å². The number of carbonyl (C=O) groups excluding carboxylic acids is 1. The Balaban J connectivity index is 3.09. The third-order valence-electron chi connectivity index (χ3n) is 2.10. The molecule has 0 heterocycles. The number of carbonyl (C=O) groups is 1. The Labute approximate surface area is 110 Å². The molecule has 1 aromatic rings. The van der Waals surface area contributed by atoms with Gasteiger partial charge in [0.25, 0.3) is 5.91 Å². The molecule has 0 aliphatic carbocycles. The van der Waals surface area contributed by atoms with Crippen molar-refractivity contribution in [1.29, 1.82) is 0 Å². The van der Waals surface area contributed by atoms with E-state index in [-0.39, 0.29) is 12.0 Å². The molecular weight excluding hydrogens is 286 g/mol. The monoisotopic (exact) mass is 301 g/mol. The zero-order valence-electron chi connectivity index (χ0n) is 10.4. The predicted molar refractivity (Wildman–Crippen MR) is 69.0 cm³/mol. The molecule has 0 bridgehead atoms. The fraction of sp³-hybridized carbons (Fsp3) is 0.417. The van der Waals surface area contributed by atoms with Gasteiger partial charge in [0, 0.05) is 11.5 Å². The molecule has 0 saturated heterocycles. The van der Waals surface area contributed by atoms with E-state index in [1.807, 2.05) is 13.8 Å². The van der Waals surface area contributed by atoms with E-state index in [4.69, 9.17) is 9.57 Å². The second-order valence-corrected chi connectivity index (χ2v) is 4.71. The lowest BCUT2D eigenvalue weighted by Gasteiger charge is -2.18. The normalized spacial score (nSPS) is 10.5. The molecular formula is C12H16BrNO3. The van der Waals surface area contributed by atoms with Crippen molar-refractivity contribution in [3.63, 3.8) is 0 Å². The molecule has 0 aromatic heterocycles. The second-order valence-electron chi connectivity index (χ2n) is 3.79. The molecule has 94 valence electrons. The van der Waals surface area contributed by atoms with E-state index >= 15 is 0 Å². The molecule has 1 aromatic carbocycles. The molecule has 1 rings (SSSR count). The number of amides is 1. The number of rotatable bonds is 4. The lowest BCUT2D eigenvalue weighted by atomic mass is 10.2. The molecule has 4 nitrogen and oxygen atoms in total. The fourth-order valence-electron chi connectivity index (χ4n) is 1.28. The van der Waals surface area contributed by atoms with Crippen molar-refractivity contribution in [2.45, 2.75) is 20.0 Å². The number of ether oxygens (including phenoxy) is 1. The van der Waals surface area contributed by atoms with Gasteiger partial charge in [-0.3, -0.25) is 9.63 Å². The van der Waals surface area contributed by atoms with Crippen LogP contribution in [-0.2, 0) is 4.84 Å². The van der Waals surface area contributed by atoms with Gasteiger partial charge in [-0.1, -0.05) is 15.9 Å². The van der Waals surface area contributed by atoms with Crippen molar-refractivity contribution in [2.24, 2.45) is 0 Å². The molecule has 0 aliphatic rings. The maximum atomic E-state index is 12.0. The first kappa shape index (κ1) is 14.0. The summed E-state index contributed by atoms with van der Waals surface area (Å²) in [5.74, 6) is 0.305. The van der Waals surface area contributed by atoms with Crippen LogP contribution in [0.15, 0.2) is 22.7 Å². The van der Waals surface area contributed by atoms with Gasteiger partial charge in [-0.15, -0.1) is 0 Å². The third kappa shape index (κ3) is 3.71. The highest BCUT2D eigenvalue weighted by Crippen LogP contribution is 2.25. The van der Waals surface area contributed by atoms with E-state index in [0.717, 1.165) is 9.54 Å². The zero-order valence-corrected chi connectivity index (χ0v) is 11.9. The lowest BCUT2D eigenvalue weighted by Crippen LogP contribution is -2.26. The standard InChI is InChI=1S/C12H16BrNO3/c1-8(2)17-11-7-9(13)5-6-10(11)12(15)14(3)16-4/h5-8H,1-4H3. The van der Waals surface area contributed by atoms with Gasteiger partial charge in [-0.25, -0.2) is 5.06 Å². The zero-order chi connectivity index (χ0) is 13.0. The Morgan fingerprint density at radius 1 is 1.41 bits per heavy atom. The van der Waals surface area contributed by atoms with Gasteiger partial charge in [0.15, 0.2) is 0 Å². The number of hydrogen-bond acceptors (Lipinski definition) is 3. The molecule has 17 heavy (non-hydrogen) atoms. The van der Waals surface area contributed by atoms with E-state index in [2.05, 4.69) is 15.9 Å². The van der Waals surface area contributed by atoms with Crippen molar-refractivity contribution in [2.75, 3.05) is 14.2 Å². The van der Waals surface area contributed by atoms with E-state index in [1.165, 1.54) is 7.11 Å². The highest BCUT2D eigenvalue weighted by Gasteiger charge is 2.17. The second kappa shape index (κ2) is 6.02. The summed E-state index contributed by atoms with van der Waals surface area (Å²) in [5, 5.41) is 1.16. The van der Waals surface area contributed by atoms with Crippen molar-refractivity contribution in [3.8, 4) is 5.75 Å². The summed E-state index contributed by atoms with van der Waals surface area (Å²) in [6.07, 6.45) is 0.00343. The van der Waals surface area contributed by atoms with Gasteiger partial charge >= 0.3 is 0 Å². The molecule has 0 fully saturated rings. The van der Waals surface area contributed by atoms with Gasteiger partial charge in [-0.05, 0) is 32.0 Å². The van der Waals surface area contributed by atoms with Crippen LogP contribution in [0.5, 0.6) is 5.75 Å². The first-order chi connectivity index (χ1) is 7.95. The lowest BCUT2D eigenvalue weighted by molar-refractivity contribution is -0.0758. The smallest absolute Gasteiger partial charge is 0.280 e. The molecule has 0 N–H and O–H groups in total. The number of hydroxylamine groups is 2. The summed E-state index contributed by atoms with van der Waals surface area (Å²) in [6.45, 7) is 3.82. The Hall–Kier alpha value is -1.07. The summed E-state index contributed by atoms with van der Waals surface area (Å²) in [6, 6.07) is 5.28. The van der Waals surface area contributed by atoms with Crippen molar-refractivity contribution < 1.29 is 14.4 Å². The number of halogens is 1. The molecule has 0 aliphatic heterocycles. The molecule has 0 unspecified atom stereocenters. The molecule has 5 heteroatoms. The van der Waals surface area contributed by atoms with Crippen LogP contribution >= 0.6 is 15.9 Å². The van der Waals surface area contributed by atoms with E-state index < -0.39 is 0 Å². The predicted octanol–water partition coefficient (Wildman–Crippen LogP) is 2.87. The van der Waals surface area contributed by atoms with Gasteiger partial charge in [0.1, 0.15) is 5.75 Å². The molecule has 0 atom stereocenters. The van der Waals surface area contributed by atoms with E-state index in [0.29, 0.717) is 11.3 Å². The Morgan fingerprint density at radius 3 is 2.59 bits per heavy atom. The highest BCUT2D eigenvalue weighted by atomic mass is 79.9. The minimum atomic E-state index is -0.240. The van der Waals surface area contributed by atoms with Crippen LogP contribution in [0.2, 0.25) is 0 Å². The average Bonchev–Trinajstić information content (AvgIpc) is 2.26. The topological polar surface area (TPSA) is 38.8 Å².